The molecule has 0 aliphatic heterocycles. The summed E-state index contributed by atoms with van der Waals surface area (Å²) in [6, 6.07) is 9.86. The van der Waals surface area contributed by atoms with Crippen LogP contribution in [0.1, 0.15) is 15.9 Å². The molecule has 0 atom stereocenters. The molecule has 0 fully saturated rings. The molecule has 2 aromatic carbocycles. The van der Waals surface area contributed by atoms with Gasteiger partial charge in [0.05, 0.1) is 22.6 Å². The quantitative estimate of drug-likeness (QED) is 0.725. The molecule has 0 aliphatic carbocycles. The topological polar surface area (TPSA) is 75.7 Å². The van der Waals surface area contributed by atoms with Crippen LogP contribution in [0.25, 0.3) is 0 Å². The number of amides is 1. The Balaban J connectivity index is 2.12. The molecule has 0 saturated heterocycles. The van der Waals surface area contributed by atoms with Crippen LogP contribution in [-0.2, 0) is 21.3 Å². The summed E-state index contributed by atoms with van der Waals surface area (Å²) in [5.74, 6) is -0.874. The Labute approximate surface area is 156 Å². The summed E-state index contributed by atoms with van der Waals surface area (Å²) in [4.78, 5) is 16.9. The van der Waals surface area contributed by atoms with Crippen molar-refractivity contribution in [1.82, 2.24) is 9.79 Å². The van der Waals surface area contributed by atoms with Gasteiger partial charge in [-0.05, 0) is 42.3 Å². The standard InChI is InChI=1S/C17H18ClFN2O4S/c1-21(25-2)26(23,24)14-6-7-16(18)15(11-14)17(22)20-9-8-12-4-3-5-13(19)10-12/h3-7,10-11H,8-9H2,1-2H3,(H,20,22). The first-order valence-electron chi connectivity index (χ1n) is 7.61. The Morgan fingerprint density at radius 2 is 2.00 bits per heavy atom. The lowest BCUT2D eigenvalue weighted by Crippen LogP contribution is -2.28. The zero-order valence-corrected chi connectivity index (χ0v) is 15.8. The van der Waals surface area contributed by atoms with Gasteiger partial charge >= 0.3 is 0 Å². The fourth-order valence-electron chi connectivity index (χ4n) is 2.19. The highest BCUT2D eigenvalue weighted by atomic mass is 35.5. The summed E-state index contributed by atoms with van der Waals surface area (Å²) in [5, 5.41) is 2.76. The van der Waals surface area contributed by atoms with Crippen molar-refractivity contribution < 1.29 is 22.4 Å². The lowest BCUT2D eigenvalue weighted by Gasteiger charge is -2.15. The number of halogens is 2. The van der Waals surface area contributed by atoms with E-state index in [1.165, 1.54) is 44.5 Å². The minimum Gasteiger partial charge on any atom is -0.352 e. The first kappa shape index (κ1) is 20.3. The molecule has 0 spiro atoms. The predicted octanol–water partition coefficient (Wildman–Crippen LogP) is 2.63. The molecule has 26 heavy (non-hydrogen) atoms. The van der Waals surface area contributed by atoms with Crippen molar-refractivity contribution in [2.45, 2.75) is 11.3 Å². The van der Waals surface area contributed by atoms with Crippen molar-refractivity contribution in [2.75, 3.05) is 20.7 Å². The second-order valence-corrected chi connectivity index (χ2v) is 7.72. The third-order valence-corrected chi connectivity index (χ3v) is 5.67. The first-order chi connectivity index (χ1) is 12.3. The first-order valence-corrected chi connectivity index (χ1v) is 9.42. The number of hydrogen-bond acceptors (Lipinski definition) is 4. The molecule has 0 radical (unpaired) electrons. The smallest absolute Gasteiger partial charge is 0.264 e. The van der Waals surface area contributed by atoms with E-state index < -0.39 is 15.9 Å². The summed E-state index contributed by atoms with van der Waals surface area (Å²) in [6.45, 7) is 0.244. The average molecular weight is 401 g/mol. The van der Waals surface area contributed by atoms with Crippen molar-refractivity contribution in [3.8, 4) is 0 Å². The molecule has 140 valence electrons. The normalized spacial score (nSPS) is 11.6. The molecule has 1 amide bonds. The Hall–Kier alpha value is -2.00. The largest absolute Gasteiger partial charge is 0.352 e. The molecule has 9 heteroatoms. The van der Waals surface area contributed by atoms with Gasteiger partial charge in [0.1, 0.15) is 5.82 Å². The van der Waals surface area contributed by atoms with Crippen LogP contribution in [0.2, 0.25) is 5.02 Å². The lowest BCUT2D eigenvalue weighted by molar-refractivity contribution is -0.0258. The van der Waals surface area contributed by atoms with Crippen LogP contribution in [0.3, 0.4) is 0 Å². The summed E-state index contributed by atoms with van der Waals surface area (Å²) < 4.78 is 38.4. The second kappa shape index (κ2) is 8.59. The van der Waals surface area contributed by atoms with Gasteiger partial charge in [0.2, 0.25) is 0 Å². The van der Waals surface area contributed by atoms with Gasteiger partial charge in [-0.25, -0.2) is 12.8 Å². The van der Waals surface area contributed by atoms with Crippen molar-refractivity contribution in [3.63, 3.8) is 0 Å². The lowest BCUT2D eigenvalue weighted by atomic mass is 10.1. The van der Waals surface area contributed by atoms with Crippen LogP contribution in [0.4, 0.5) is 4.39 Å². The number of benzene rings is 2. The SMILES string of the molecule is CON(C)S(=O)(=O)c1ccc(Cl)c(C(=O)NCCc2cccc(F)c2)c1. The van der Waals surface area contributed by atoms with Gasteiger partial charge < -0.3 is 5.32 Å². The van der Waals surface area contributed by atoms with Gasteiger partial charge in [0, 0.05) is 13.6 Å². The maximum absolute atomic E-state index is 13.1. The van der Waals surface area contributed by atoms with E-state index >= 15 is 0 Å². The molecule has 0 aliphatic rings. The van der Waals surface area contributed by atoms with Crippen molar-refractivity contribution >= 4 is 27.5 Å². The zero-order chi connectivity index (χ0) is 19.3. The minimum absolute atomic E-state index is 0.0245. The number of carbonyl (C=O) groups excluding carboxylic acids is 1. The Morgan fingerprint density at radius 3 is 2.65 bits per heavy atom. The molecule has 6 nitrogen and oxygen atoms in total. The summed E-state index contributed by atoms with van der Waals surface area (Å²) in [5.41, 5.74) is 0.755. The minimum atomic E-state index is -3.90. The van der Waals surface area contributed by atoms with E-state index in [1.807, 2.05) is 0 Å². The molecule has 2 aromatic rings. The van der Waals surface area contributed by atoms with Crippen LogP contribution in [0.5, 0.6) is 0 Å². The van der Waals surface area contributed by atoms with Crippen molar-refractivity contribution in [1.29, 1.82) is 0 Å². The van der Waals surface area contributed by atoms with Crippen molar-refractivity contribution in [3.05, 3.63) is 64.4 Å². The van der Waals surface area contributed by atoms with Gasteiger partial charge in [-0.15, -0.1) is 0 Å². The highest BCUT2D eigenvalue weighted by molar-refractivity contribution is 7.89. The van der Waals surface area contributed by atoms with Gasteiger partial charge in [0.25, 0.3) is 15.9 Å². The number of nitrogens with one attached hydrogen (secondary N) is 1. The van der Waals surface area contributed by atoms with E-state index in [9.17, 15) is 17.6 Å². The molecule has 0 saturated carbocycles. The molecule has 1 N–H and O–H groups in total. The fourth-order valence-corrected chi connectivity index (χ4v) is 3.40. The van der Waals surface area contributed by atoms with E-state index in [2.05, 4.69) is 5.32 Å². The highest BCUT2D eigenvalue weighted by Gasteiger charge is 2.23. The third-order valence-electron chi connectivity index (χ3n) is 3.66. The molecular weight excluding hydrogens is 383 g/mol. The number of nitrogens with zero attached hydrogens (tertiary/aromatic N) is 1. The number of sulfonamides is 1. The van der Waals surface area contributed by atoms with Crippen LogP contribution in [-0.4, -0.2) is 39.5 Å². The van der Waals surface area contributed by atoms with Crippen LogP contribution < -0.4 is 5.32 Å². The third kappa shape index (κ3) is 4.79. The van der Waals surface area contributed by atoms with Crippen LogP contribution >= 0.6 is 11.6 Å². The highest BCUT2D eigenvalue weighted by Crippen LogP contribution is 2.22. The maximum Gasteiger partial charge on any atom is 0.264 e. The molecule has 0 unspecified atom stereocenters. The van der Waals surface area contributed by atoms with E-state index in [-0.39, 0.29) is 27.8 Å². The van der Waals surface area contributed by atoms with Crippen molar-refractivity contribution in [2.24, 2.45) is 0 Å². The predicted molar refractivity (Wildman–Crippen MR) is 95.8 cm³/mol. The van der Waals surface area contributed by atoms with E-state index in [0.717, 1.165) is 5.56 Å². The molecule has 0 heterocycles. The van der Waals surface area contributed by atoms with Crippen LogP contribution in [0.15, 0.2) is 47.4 Å². The van der Waals surface area contributed by atoms with E-state index in [4.69, 9.17) is 16.4 Å². The Bertz CT molecular complexity index is 905. The molecule has 0 bridgehead atoms. The van der Waals surface area contributed by atoms with E-state index in [0.29, 0.717) is 10.9 Å². The number of rotatable bonds is 7. The second-order valence-electron chi connectivity index (χ2n) is 5.37. The van der Waals surface area contributed by atoms with Crippen LogP contribution in [0, 0.1) is 5.82 Å². The molecule has 0 aromatic heterocycles. The monoisotopic (exact) mass is 400 g/mol. The zero-order valence-electron chi connectivity index (χ0n) is 14.2. The average Bonchev–Trinajstić information content (AvgIpc) is 2.61. The fraction of sp³-hybridized carbons (Fsp3) is 0.235. The van der Waals surface area contributed by atoms with E-state index in [1.54, 1.807) is 12.1 Å². The van der Waals surface area contributed by atoms with Gasteiger partial charge in [-0.2, -0.15) is 0 Å². The van der Waals surface area contributed by atoms with Gasteiger partial charge in [-0.1, -0.05) is 28.2 Å². The number of hydroxylamine groups is 1. The number of carbonyl (C=O) groups is 1. The summed E-state index contributed by atoms with van der Waals surface area (Å²) in [7, 11) is -1.44. The summed E-state index contributed by atoms with van der Waals surface area (Å²) in [6.07, 6.45) is 0.422. The van der Waals surface area contributed by atoms with Gasteiger partial charge in [-0.3, -0.25) is 9.63 Å². The number of hydrogen-bond donors (Lipinski definition) is 1. The Kier molecular flexibility index (Phi) is 6.71. The molecule has 2 rings (SSSR count). The molecular formula is C17H18ClFN2O4S. The summed E-state index contributed by atoms with van der Waals surface area (Å²) >= 11 is 6.02. The van der Waals surface area contributed by atoms with Gasteiger partial charge in [0.15, 0.2) is 0 Å². The Morgan fingerprint density at radius 1 is 1.27 bits per heavy atom. The maximum atomic E-state index is 13.1.